The lowest BCUT2D eigenvalue weighted by Gasteiger charge is -2.11. The highest BCUT2D eigenvalue weighted by molar-refractivity contribution is 6.30. The second kappa shape index (κ2) is 5.56. The maximum absolute atomic E-state index is 13.3. The highest BCUT2D eigenvalue weighted by Crippen LogP contribution is 2.30. The highest BCUT2D eigenvalue weighted by atomic mass is 35.5. The molecule has 0 heterocycles. The van der Waals surface area contributed by atoms with E-state index in [2.05, 4.69) is 4.74 Å². The fourth-order valence-electron chi connectivity index (χ4n) is 1.31. The first kappa shape index (κ1) is 14.8. The molecule has 2 nitrogen and oxygen atoms in total. The van der Waals surface area contributed by atoms with Gasteiger partial charge in [-0.15, -0.1) is 11.6 Å². The Hall–Kier alpha value is -1.30. The predicted molar refractivity (Wildman–Crippen MR) is 56.8 cm³/mol. The Morgan fingerprint density at radius 3 is 2.56 bits per heavy atom. The fraction of sp³-hybridized carbons (Fsp3) is 0.364. The summed E-state index contributed by atoms with van der Waals surface area (Å²) >= 11 is 5.58. The molecule has 0 saturated carbocycles. The van der Waals surface area contributed by atoms with Crippen LogP contribution >= 0.6 is 11.6 Å². The molecule has 18 heavy (non-hydrogen) atoms. The van der Waals surface area contributed by atoms with Crippen LogP contribution in [0.3, 0.4) is 0 Å². The minimum absolute atomic E-state index is 0.282. The second-order valence-electron chi connectivity index (χ2n) is 3.50. The Morgan fingerprint density at radius 1 is 1.44 bits per heavy atom. The average molecular weight is 285 g/mol. The summed E-state index contributed by atoms with van der Waals surface area (Å²) in [4.78, 5) is 11.0. The first-order valence-electron chi connectivity index (χ1n) is 4.83. The Morgan fingerprint density at radius 2 is 2.06 bits per heavy atom. The lowest BCUT2D eigenvalue weighted by molar-refractivity contribution is -0.140. The SMILES string of the molecule is COC(=O)C(Cl)Cc1cc(C(F)(F)F)ccc1F. The van der Waals surface area contributed by atoms with E-state index in [1.807, 2.05) is 0 Å². The quantitative estimate of drug-likeness (QED) is 0.484. The molecule has 0 spiro atoms. The molecule has 0 fully saturated rings. The molecule has 1 atom stereocenters. The first-order valence-corrected chi connectivity index (χ1v) is 5.27. The van der Waals surface area contributed by atoms with Gasteiger partial charge in [0.05, 0.1) is 12.7 Å². The first-order chi connectivity index (χ1) is 8.25. The van der Waals surface area contributed by atoms with Gasteiger partial charge in [0.15, 0.2) is 0 Å². The molecule has 0 radical (unpaired) electrons. The minimum atomic E-state index is -4.57. The summed E-state index contributed by atoms with van der Waals surface area (Å²) in [7, 11) is 1.08. The summed E-state index contributed by atoms with van der Waals surface area (Å²) in [6, 6.07) is 1.95. The number of halogens is 5. The number of ether oxygens (including phenoxy) is 1. The Balaban J connectivity index is 2.98. The number of esters is 1. The monoisotopic (exact) mass is 284 g/mol. The molecule has 1 aromatic rings. The number of methoxy groups -OCH3 is 1. The molecular weight excluding hydrogens is 276 g/mol. The average Bonchev–Trinajstić information content (AvgIpc) is 2.29. The number of benzene rings is 1. The molecule has 1 aromatic carbocycles. The van der Waals surface area contributed by atoms with Gasteiger partial charge in [0.2, 0.25) is 0 Å². The molecule has 0 aliphatic rings. The van der Waals surface area contributed by atoms with Crippen molar-refractivity contribution in [1.82, 2.24) is 0 Å². The van der Waals surface area contributed by atoms with Crippen LogP contribution in [0, 0.1) is 5.82 Å². The van der Waals surface area contributed by atoms with Crippen LogP contribution in [0.1, 0.15) is 11.1 Å². The van der Waals surface area contributed by atoms with Gasteiger partial charge in [0.1, 0.15) is 11.2 Å². The fourth-order valence-corrected chi connectivity index (χ4v) is 1.57. The van der Waals surface area contributed by atoms with E-state index in [4.69, 9.17) is 11.6 Å². The molecular formula is C11H9ClF4O2. The van der Waals surface area contributed by atoms with Crippen molar-refractivity contribution in [3.63, 3.8) is 0 Å². The maximum Gasteiger partial charge on any atom is 0.416 e. The van der Waals surface area contributed by atoms with Crippen LogP contribution in [0.15, 0.2) is 18.2 Å². The molecule has 7 heteroatoms. The van der Waals surface area contributed by atoms with Crippen LogP contribution in [-0.2, 0) is 22.1 Å². The maximum atomic E-state index is 13.3. The second-order valence-corrected chi connectivity index (χ2v) is 4.03. The number of hydrogen-bond donors (Lipinski definition) is 0. The van der Waals surface area contributed by atoms with Crippen molar-refractivity contribution in [2.24, 2.45) is 0 Å². The smallest absolute Gasteiger partial charge is 0.416 e. The van der Waals surface area contributed by atoms with Crippen molar-refractivity contribution in [3.05, 3.63) is 35.1 Å². The summed E-state index contributed by atoms with van der Waals surface area (Å²) < 4.78 is 54.9. The van der Waals surface area contributed by atoms with Crippen LogP contribution in [0.25, 0.3) is 0 Å². The highest BCUT2D eigenvalue weighted by Gasteiger charge is 2.31. The van der Waals surface area contributed by atoms with Crippen LogP contribution in [0.2, 0.25) is 0 Å². The zero-order chi connectivity index (χ0) is 13.9. The van der Waals surface area contributed by atoms with E-state index in [0.29, 0.717) is 18.2 Å². The van der Waals surface area contributed by atoms with Crippen molar-refractivity contribution < 1.29 is 27.1 Å². The van der Waals surface area contributed by atoms with Crippen LogP contribution in [0.4, 0.5) is 17.6 Å². The van der Waals surface area contributed by atoms with Crippen LogP contribution < -0.4 is 0 Å². The van der Waals surface area contributed by atoms with Gasteiger partial charge in [-0.25, -0.2) is 4.39 Å². The third-order valence-electron chi connectivity index (χ3n) is 2.23. The van der Waals surface area contributed by atoms with E-state index in [1.165, 1.54) is 0 Å². The summed E-state index contributed by atoms with van der Waals surface area (Å²) in [5, 5.41) is -1.23. The van der Waals surface area contributed by atoms with Crippen molar-refractivity contribution >= 4 is 17.6 Å². The number of alkyl halides is 4. The lowest BCUT2D eigenvalue weighted by atomic mass is 10.1. The Kier molecular flexibility index (Phi) is 4.56. The third kappa shape index (κ3) is 3.60. The number of carbonyl (C=O) groups excluding carboxylic acids is 1. The minimum Gasteiger partial charge on any atom is -0.468 e. The topological polar surface area (TPSA) is 26.3 Å². The number of hydrogen-bond acceptors (Lipinski definition) is 2. The molecule has 0 saturated heterocycles. The van der Waals surface area contributed by atoms with Crippen molar-refractivity contribution in [2.75, 3.05) is 7.11 Å². The summed E-state index contributed by atoms with van der Waals surface area (Å²) in [6.45, 7) is 0. The zero-order valence-electron chi connectivity index (χ0n) is 9.22. The van der Waals surface area contributed by atoms with Gasteiger partial charge < -0.3 is 4.74 Å². The summed E-state index contributed by atoms with van der Waals surface area (Å²) in [5.41, 5.74) is -1.28. The van der Waals surface area contributed by atoms with Gasteiger partial charge in [-0.2, -0.15) is 13.2 Å². The normalized spacial score (nSPS) is 13.2. The van der Waals surface area contributed by atoms with Crippen molar-refractivity contribution in [2.45, 2.75) is 18.0 Å². The van der Waals surface area contributed by atoms with Gasteiger partial charge in [-0.05, 0) is 23.8 Å². The van der Waals surface area contributed by atoms with Crippen LogP contribution in [0.5, 0.6) is 0 Å². The molecule has 100 valence electrons. The molecule has 0 aromatic heterocycles. The van der Waals surface area contributed by atoms with Gasteiger partial charge in [-0.3, -0.25) is 4.79 Å². The largest absolute Gasteiger partial charge is 0.468 e. The standard InChI is InChI=1S/C11H9ClF4O2/c1-18-10(17)8(12)5-6-4-7(11(14,15)16)2-3-9(6)13/h2-4,8H,5H2,1H3. The predicted octanol–water partition coefficient (Wildman–Crippen LogP) is 3.17. The number of carbonyl (C=O) groups is 1. The molecule has 0 aliphatic carbocycles. The molecule has 0 aliphatic heterocycles. The van der Waals surface area contributed by atoms with E-state index in [0.717, 1.165) is 7.11 Å². The molecule has 0 amide bonds. The summed E-state index contributed by atoms with van der Waals surface area (Å²) in [6.07, 6.45) is -4.94. The molecule has 1 rings (SSSR count). The summed E-state index contributed by atoms with van der Waals surface area (Å²) in [5.74, 6) is -1.67. The molecule has 0 N–H and O–H groups in total. The van der Waals surface area contributed by atoms with E-state index in [-0.39, 0.29) is 12.0 Å². The van der Waals surface area contributed by atoms with Crippen molar-refractivity contribution in [3.8, 4) is 0 Å². The zero-order valence-corrected chi connectivity index (χ0v) is 9.98. The molecule has 0 bridgehead atoms. The van der Waals surface area contributed by atoms with E-state index in [1.54, 1.807) is 0 Å². The molecule has 1 unspecified atom stereocenters. The van der Waals surface area contributed by atoms with Gasteiger partial charge >= 0.3 is 12.1 Å². The van der Waals surface area contributed by atoms with Gasteiger partial charge in [0.25, 0.3) is 0 Å². The Bertz CT molecular complexity index is 445. The van der Waals surface area contributed by atoms with E-state index < -0.39 is 28.9 Å². The van der Waals surface area contributed by atoms with Gasteiger partial charge in [0, 0.05) is 6.42 Å². The lowest BCUT2D eigenvalue weighted by Crippen LogP contribution is -2.19. The van der Waals surface area contributed by atoms with E-state index >= 15 is 0 Å². The van der Waals surface area contributed by atoms with Crippen LogP contribution in [-0.4, -0.2) is 18.5 Å². The van der Waals surface area contributed by atoms with Crippen molar-refractivity contribution in [1.29, 1.82) is 0 Å². The van der Waals surface area contributed by atoms with E-state index in [9.17, 15) is 22.4 Å². The Labute approximate surface area is 105 Å². The van der Waals surface area contributed by atoms with Gasteiger partial charge in [-0.1, -0.05) is 0 Å². The number of rotatable bonds is 3. The third-order valence-corrected chi connectivity index (χ3v) is 2.56.